The molecule has 1 aliphatic heterocycles. The Morgan fingerprint density at radius 1 is 1.62 bits per heavy atom. The van der Waals surface area contributed by atoms with Crippen LogP contribution in [0.15, 0.2) is 22.4 Å². The molecule has 0 saturated carbocycles. The lowest BCUT2D eigenvalue weighted by atomic mass is 10.2. The summed E-state index contributed by atoms with van der Waals surface area (Å²) in [5.74, 6) is -0.664. The second-order valence-electron chi connectivity index (χ2n) is 4.20. The Morgan fingerprint density at radius 3 is 2.95 bits per heavy atom. The summed E-state index contributed by atoms with van der Waals surface area (Å²) in [6.45, 7) is 0. The van der Waals surface area contributed by atoms with Gasteiger partial charge in [-0.15, -0.1) is 11.3 Å². The highest BCUT2D eigenvalue weighted by atomic mass is 32.2. The minimum atomic E-state index is -1.02. The van der Waals surface area contributed by atoms with E-state index in [1.165, 1.54) is 16.2 Å². The van der Waals surface area contributed by atoms with Gasteiger partial charge in [-0.25, -0.2) is 4.79 Å². The molecule has 21 heavy (non-hydrogen) atoms. The van der Waals surface area contributed by atoms with Crippen LogP contribution in [0.1, 0.15) is 11.3 Å². The highest BCUT2D eigenvalue weighted by molar-refractivity contribution is 8.26. The van der Waals surface area contributed by atoms with Crippen molar-refractivity contribution in [2.45, 2.75) is 12.5 Å². The molecule has 8 heteroatoms. The zero-order valence-electron chi connectivity index (χ0n) is 11.1. The van der Waals surface area contributed by atoms with Crippen LogP contribution in [0.2, 0.25) is 0 Å². The maximum absolute atomic E-state index is 12.4. The van der Waals surface area contributed by atoms with Crippen molar-refractivity contribution in [3.8, 4) is 0 Å². The maximum atomic E-state index is 12.4. The van der Waals surface area contributed by atoms with Crippen LogP contribution in [0.5, 0.6) is 0 Å². The summed E-state index contributed by atoms with van der Waals surface area (Å²) >= 11 is 9.43. The van der Waals surface area contributed by atoms with Gasteiger partial charge >= 0.3 is 5.97 Å². The lowest BCUT2D eigenvalue weighted by Gasteiger charge is -2.22. The molecule has 0 radical (unpaired) electrons. The molecule has 1 unspecified atom stereocenters. The van der Waals surface area contributed by atoms with Gasteiger partial charge in [0, 0.05) is 4.88 Å². The molecule has 1 aromatic rings. The third kappa shape index (κ3) is 3.88. The van der Waals surface area contributed by atoms with Crippen molar-refractivity contribution >= 4 is 69.4 Å². The van der Waals surface area contributed by atoms with Crippen molar-refractivity contribution in [1.82, 2.24) is 4.90 Å². The largest absolute Gasteiger partial charge is 0.480 e. The molecule has 1 atom stereocenters. The Bertz CT molecular complexity index is 582. The number of carbonyl (C=O) groups excluding carboxylic acids is 1. The topological polar surface area (TPSA) is 57.6 Å². The summed E-state index contributed by atoms with van der Waals surface area (Å²) in [4.78, 5) is 26.5. The van der Waals surface area contributed by atoms with E-state index in [2.05, 4.69) is 0 Å². The number of rotatable bonds is 6. The van der Waals surface area contributed by atoms with E-state index in [-0.39, 0.29) is 5.91 Å². The first kappa shape index (κ1) is 16.5. The Morgan fingerprint density at radius 2 is 2.38 bits per heavy atom. The lowest BCUT2D eigenvalue weighted by Crippen LogP contribution is -2.44. The normalized spacial score (nSPS) is 18.5. The zero-order valence-corrected chi connectivity index (χ0v) is 14.4. The summed E-state index contributed by atoms with van der Waals surface area (Å²) in [6.07, 6.45) is 4.05. The predicted octanol–water partition coefficient (Wildman–Crippen LogP) is 3.16. The van der Waals surface area contributed by atoms with Gasteiger partial charge < -0.3 is 5.11 Å². The van der Waals surface area contributed by atoms with Crippen LogP contribution >= 0.6 is 47.1 Å². The molecular formula is C13H13NO3S4. The quantitative estimate of drug-likeness (QED) is 0.622. The minimum absolute atomic E-state index is 0.313. The molecule has 4 nitrogen and oxygen atoms in total. The molecule has 2 heterocycles. The fraction of sp³-hybridized carbons (Fsp3) is 0.308. The van der Waals surface area contributed by atoms with Crippen LogP contribution < -0.4 is 0 Å². The van der Waals surface area contributed by atoms with Gasteiger partial charge in [-0.3, -0.25) is 9.69 Å². The van der Waals surface area contributed by atoms with E-state index in [0.717, 1.165) is 16.6 Å². The Hall–Kier alpha value is -0.830. The van der Waals surface area contributed by atoms with Gasteiger partial charge in [0.15, 0.2) is 0 Å². The minimum Gasteiger partial charge on any atom is -0.480 e. The van der Waals surface area contributed by atoms with E-state index < -0.39 is 12.0 Å². The number of hydrogen-bond donors (Lipinski definition) is 1. The molecule has 1 aromatic heterocycles. The Balaban J connectivity index is 2.22. The third-order valence-electron chi connectivity index (χ3n) is 2.83. The number of hydrogen-bond acceptors (Lipinski definition) is 6. The van der Waals surface area contributed by atoms with E-state index >= 15 is 0 Å². The summed E-state index contributed by atoms with van der Waals surface area (Å²) in [7, 11) is 0. The predicted molar refractivity (Wildman–Crippen MR) is 93.8 cm³/mol. The number of nitrogens with zero attached hydrogens (tertiary/aromatic N) is 1. The SMILES string of the molecule is CSCCC(C(=O)O)N1C(=O)/C(=C/c2cccs2)SC1=S. The monoisotopic (exact) mass is 359 g/mol. The molecule has 0 spiro atoms. The van der Waals surface area contributed by atoms with Gasteiger partial charge in [-0.05, 0) is 36.0 Å². The van der Waals surface area contributed by atoms with Gasteiger partial charge in [0.2, 0.25) is 0 Å². The number of thioether (sulfide) groups is 2. The number of amides is 1. The van der Waals surface area contributed by atoms with Crippen LogP contribution in [-0.2, 0) is 9.59 Å². The van der Waals surface area contributed by atoms with Gasteiger partial charge in [0.05, 0.1) is 4.91 Å². The summed E-state index contributed by atoms with van der Waals surface area (Å²) in [5.41, 5.74) is 0. The van der Waals surface area contributed by atoms with E-state index in [0.29, 0.717) is 21.4 Å². The van der Waals surface area contributed by atoms with Crippen molar-refractivity contribution in [2.75, 3.05) is 12.0 Å². The van der Waals surface area contributed by atoms with Gasteiger partial charge in [0.25, 0.3) is 5.91 Å². The highest BCUT2D eigenvalue weighted by Gasteiger charge is 2.40. The van der Waals surface area contributed by atoms with Crippen molar-refractivity contribution < 1.29 is 14.7 Å². The van der Waals surface area contributed by atoms with Crippen LogP contribution in [0.3, 0.4) is 0 Å². The second-order valence-corrected chi connectivity index (χ2v) is 7.84. The van der Waals surface area contributed by atoms with E-state index in [1.54, 1.807) is 17.8 Å². The average Bonchev–Trinajstić information content (AvgIpc) is 3.02. The van der Waals surface area contributed by atoms with Crippen molar-refractivity contribution in [3.63, 3.8) is 0 Å². The molecule has 2 rings (SSSR count). The Kier molecular flexibility index (Phi) is 5.86. The van der Waals surface area contributed by atoms with Crippen molar-refractivity contribution in [1.29, 1.82) is 0 Å². The number of aliphatic carboxylic acids is 1. The third-order valence-corrected chi connectivity index (χ3v) is 5.63. The van der Waals surface area contributed by atoms with Crippen LogP contribution in [-0.4, -0.2) is 44.3 Å². The highest BCUT2D eigenvalue weighted by Crippen LogP contribution is 2.35. The Labute approximate surface area is 140 Å². The molecule has 0 bridgehead atoms. The summed E-state index contributed by atoms with van der Waals surface area (Å²) in [5, 5.41) is 11.3. The number of carboxylic acid groups (broad SMARTS) is 1. The molecular weight excluding hydrogens is 346 g/mol. The summed E-state index contributed by atoms with van der Waals surface area (Å²) in [6, 6.07) is 2.91. The summed E-state index contributed by atoms with van der Waals surface area (Å²) < 4.78 is 0.316. The zero-order chi connectivity index (χ0) is 15.4. The maximum Gasteiger partial charge on any atom is 0.326 e. The van der Waals surface area contributed by atoms with Gasteiger partial charge in [0.1, 0.15) is 10.4 Å². The number of thiophene rings is 1. The fourth-order valence-electron chi connectivity index (χ4n) is 1.84. The molecule has 0 aliphatic carbocycles. The molecule has 112 valence electrons. The van der Waals surface area contributed by atoms with Crippen molar-refractivity contribution in [2.24, 2.45) is 0 Å². The molecule has 0 aromatic carbocycles. The molecule has 1 fully saturated rings. The first-order valence-electron chi connectivity index (χ1n) is 6.07. The number of carboxylic acids is 1. The first-order valence-corrected chi connectivity index (χ1v) is 9.56. The second kappa shape index (κ2) is 7.44. The lowest BCUT2D eigenvalue weighted by molar-refractivity contribution is -0.145. The fourth-order valence-corrected chi connectivity index (χ4v) is 4.38. The standard InChI is InChI=1S/C13H13NO3S4/c1-19-6-4-9(12(16)17)14-11(15)10(21-13(14)18)7-8-3-2-5-20-8/h2-3,5,7,9H,4,6H2,1H3,(H,16,17)/b10-7-. The van der Waals surface area contributed by atoms with E-state index in [1.807, 2.05) is 23.8 Å². The van der Waals surface area contributed by atoms with Crippen LogP contribution in [0, 0.1) is 0 Å². The molecule has 1 aliphatic rings. The first-order chi connectivity index (χ1) is 10.0. The molecule has 1 amide bonds. The number of carbonyl (C=O) groups is 2. The van der Waals surface area contributed by atoms with E-state index in [9.17, 15) is 14.7 Å². The van der Waals surface area contributed by atoms with Gasteiger partial charge in [-0.1, -0.05) is 30.0 Å². The molecule has 1 saturated heterocycles. The molecule has 1 N–H and O–H groups in total. The van der Waals surface area contributed by atoms with Crippen LogP contribution in [0.25, 0.3) is 6.08 Å². The number of thiocarbonyl (C=S) groups is 1. The van der Waals surface area contributed by atoms with Crippen LogP contribution in [0.4, 0.5) is 0 Å². The smallest absolute Gasteiger partial charge is 0.326 e. The van der Waals surface area contributed by atoms with E-state index in [4.69, 9.17) is 12.2 Å². The average molecular weight is 360 g/mol. The van der Waals surface area contributed by atoms with Gasteiger partial charge in [-0.2, -0.15) is 11.8 Å². The van der Waals surface area contributed by atoms with Crippen molar-refractivity contribution in [3.05, 3.63) is 27.3 Å².